The summed E-state index contributed by atoms with van der Waals surface area (Å²) in [5, 5.41) is 13.9. The number of aliphatic hydroxyl groups is 1. The molecule has 3 aromatic heterocycles. The second-order valence-corrected chi connectivity index (χ2v) is 7.69. The van der Waals surface area contributed by atoms with E-state index in [2.05, 4.69) is 10.3 Å². The smallest absolute Gasteiger partial charge is 0.261 e. The Bertz CT molecular complexity index is 785. The molecular weight excluding hydrogens is 306 g/mol. The molecular formula is C14H17N3O2S2. The Kier molecular flexibility index (Phi) is 3.73. The van der Waals surface area contributed by atoms with Crippen LogP contribution in [0.5, 0.6) is 0 Å². The van der Waals surface area contributed by atoms with Gasteiger partial charge in [0.2, 0.25) is 0 Å². The number of rotatable bonds is 5. The van der Waals surface area contributed by atoms with Crippen molar-refractivity contribution in [3.05, 3.63) is 22.5 Å². The highest BCUT2D eigenvalue weighted by Crippen LogP contribution is 2.28. The number of nitrogens with zero attached hydrogens (tertiary/aromatic N) is 2. The summed E-state index contributed by atoms with van der Waals surface area (Å²) < 4.78 is 2.00. The van der Waals surface area contributed by atoms with E-state index in [1.807, 2.05) is 35.9 Å². The third-order valence-corrected chi connectivity index (χ3v) is 5.25. The molecule has 0 atom stereocenters. The van der Waals surface area contributed by atoms with E-state index in [0.29, 0.717) is 17.8 Å². The second kappa shape index (κ2) is 5.40. The van der Waals surface area contributed by atoms with Crippen LogP contribution in [0.1, 0.15) is 29.9 Å². The molecule has 1 amide bonds. The van der Waals surface area contributed by atoms with Gasteiger partial charge in [-0.2, -0.15) is 0 Å². The molecule has 7 heteroatoms. The molecule has 112 valence electrons. The van der Waals surface area contributed by atoms with Crippen molar-refractivity contribution in [1.29, 1.82) is 0 Å². The normalized spacial score (nSPS) is 12.3. The predicted molar refractivity (Wildman–Crippen MR) is 86.3 cm³/mol. The van der Waals surface area contributed by atoms with Crippen LogP contribution >= 0.6 is 22.7 Å². The molecule has 0 aliphatic rings. The van der Waals surface area contributed by atoms with Gasteiger partial charge in [-0.05, 0) is 17.9 Å². The molecule has 0 spiro atoms. The number of fused-ring (bicyclic) bond motifs is 3. The van der Waals surface area contributed by atoms with Crippen LogP contribution in [-0.2, 0) is 0 Å². The lowest BCUT2D eigenvalue weighted by molar-refractivity contribution is 0.0932. The fourth-order valence-corrected chi connectivity index (χ4v) is 3.87. The Morgan fingerprint density at radius 3 is 3.10 bits per heavy atom. The number of amides is 1. The van der Waals surface area contributed by atoms with Crippen molar-refractivity contribution in [2.45, 2.75) is 20.3 Å². The molecule has 0 unspecified atom stereocenters. The summed E-state index contributed by atoms with van der Waals surface area (Å²) >= 11 is 3.00. The van der Waals surface area contributed by atoms with Crippen LogP contribution in [0.25, 0.3) is 15.3 Å². The van der Waals surface area contributed by atoms with Crippen molar-refractivity contribution < 1.29 is 9.90 Å². The van der Waals surface area contributed by atoms with Gasteiger partial charge < -0.3 is 10.4 Å². The van der Waals surface area contributed by atoms with Gasteiger partial charge in [0, 0.05) is 24.7 Å². The van der Waals surface area contributed by atoms with E-state index in [0.717, 1.165) is 15.3 Å². The number of carbonyl (C=O) groups excluding carboxylic acids is 1. The first-order valence-electron chi connectivity index (χ1n) is 6.74. The summed E-state index contributed by atoms with van der Waals surface area (Å²) in [7, 11) is 0. The van der Waals surface area contributed by atoms with Crippen molar-refractivity contribution >= 4 is 43.9 Å². The molecule has 3 heterocycles. The molecule has 3 rings (SSSR count). The fourth-order valence-electron chi connectivity index (χ4n) is 2.16. The Balaban J connectivity index is 1.76. The van der Waals surface area contributed by atoms with Gasteiger partial charge >= 0.3 is 0 Å². The fraction of sp³-hybridized carbons (Fsp3) is 0.429. The number of aromatic nitrogens is 2. The number of thiophene rings is 1. The van der Waals surface area contributed by atoms with Crippen molar-refractivity contribution in [3.8, 4) is 0 Å². The van der Waals surface area contributed by atoms with Gasteiger partial charge in [-0.1, -0.05) is 13.8 Å². The number of hydrogen-bond acceptors (Lipinski definition) is 5. The molecule has 0 fully saturated rings. The first-order valence-corrected chi connectivity index (χ1v) is 8.44. The summed E-state index contributed by atoms with van der Waals surface area (Å²) in [6.45, 7) is 4.73. The number of carbonyl (C=O) groups is 1. The minimum absolute atomic E-state index is 0.0759. The van der Waals surface area contributed by atoms with Crippen LogP contribution in [0.4, 0.5) is 0 Å². The van der Waals surface area contributed by atoms with Crippen LogP contribution in [0.2, 0.25) is 0 Å². The summed E-state index contributed by atoms with van der Waals surface area (Å²) in [6.07, 6.45) is 2.63. The maximum atomic E-state index is 12.2. The highest BCUT2D eigenvalue weighted by molar-refractivity contribution is 7.21. The first-order chi connectivity index (χ1) is 10.00. The molecule has 21 heavy (non-hydrogen) atoms. The molecule has 0 saturated heterocycles. The Labute approximate surface area is 130 Å². The van der Waals surface area contributed by atoms with Crippen LogP contribution in [0, 0.1) is 5.41 Å². The molecule has 0 aliphatic heterocycles. The van der Waals surface area contributed by atoms with E-state index in [4.69, 9.17) is 5.11 Å². The third kappa shape index (κ3) is 2.81. The highest BCUT2D eigenvalue weighted by atomic mass is 32.1. The van der Waals surface area contributed by atoms with E-state index < -0.39 is 0 Å². The van der Waals surface area contributed by atoms with E-state index in [1.165, 1.54) is 11.3 Å². The first kappa shape index (κ1) is 14.5. The number of imidazole rings is 1. The van der Waals surface area contributed by atoms with Crippen molar-refractivity contribution in [2.24, 2.45) is 5.41 Å². The van der Waals surface area contributed by atoms with E-state index in [9.17, 15) is 4.79 Å². The molecule has 2 N–H and O–H groups in total. The Hall–Kier alpha value is -1.44. The molecule has 5 nitrogen and oxygen atoms in total. The van der Waals surface area contributed by atoms with Crippen LogP contribution in [0.3, 0.4) is 0 Å². The maximum absolute atomic E-state index is 12.2. The molecule has 0 saturated carbocycles. The average molecular weight is 323 g/mol. The van der Waals surface area contributed by atoms with Gasteiger partial charge in [0.1, 0.15) is 4.83 Å². The largest absolute Gasteiger partial charge is 0.396 e. The molecule has 0 bridgehead atoms. The summed E-state index contributed by atoms with van der Waals surface area (Å²) in [4.78, 5) is 19.3. The van der Waals surface area contributed by atoms with Crippen molar-refractivity contribution in [2.75, 3.05) is 13.2 Å². The Morgan fingerprint density at radius 1 is 1.52 bits per heavy atom. The monoisotopic (exact) mass is 323 g/mol. The van der Waals surface area contributed by atoms with Gasteiger partial charge in [0.05, 0.1) is 10.4 Å². The topological polar surface area (TPSA) is 66.6 Å². The SMILES string of the molecule is CC(C)(CCO)CNC(=O)c1cc2c(nc3sccn32)s1. The summed E-state index contributed by atoms with van der Waals surface area (Å²) in [5.41, 5.74) is 0.875. The lowest BCUT2D eigenvalue weighted by atomic mass is 9.90. The van der Waals surface area contributed by atoms with Crippen molar-refractivity contribution in [1.82, 2.24) is 14.7 Å². The molecule has 0 aliphatic carbocycles. The minimum atomic E-state index is -0.107. The number of aliphatic hydroxyl groups excluding tert-OH is 1. The number of hydrogen-bond donors (Lipinski definition) is 2. The van der Waals surface area contributed by atoms with Crippen LogP contribution in [0.15, 0.2) is 17.6 Å². The molecule has 3 aromatic rings. The number of thiazole rings is 1. The van der Waals surface area contributed by atoms with Gasteiger partial charge in [-0.25, -0.2) is 4.98 Å². The standard InChI is InChI=1S/C14H17N3O2S2/c1-14(2,3-5-18)8-15-11(19)10-7-9-12(21-10)16-13-17(9)4-6-20-13/h4,6-7,18H,3,5,8H2,1-2H3,(H,15,19). The van der Waals surface area contributed by atoms with Crippen LogP contribution in [-0.4, -0.2) is 33.6 Å². The minimum Gasteiger partial charge on any atom is -0.396 e. The lowest BCUT2D eigenvalue weighted by Gasteiger charge is -2.23. The van der Waals surface area contributed by atoms with E-state index in [1.54, 1.807) is 11.3 Å². The van der Waals surface area contributed by atoms with Gasteiger partial charge in [-0.3, -0.25) is 9.20 Å². The highest BCUT2D eigenvalue weighted by Gasteiger charge is 2.20. The number of nitrogens with one attached hydrogen (secondary N) is 1. The zero-order chi connectivity index (χ0) is 15.0. The third-order valence-electron chi connectivity index (χ3n) is 3.48. The van der Waals surface area contributed by atoms with Crippen LogP contribution < -0.4 is 5.32 Å². The average Bonchev–Trinajstić information content (AvgIpc) is 3.06. The zero-order valence-corrected chi connectivity index (χ0v) is 13.6. The molecule has 0 radical (unpaired) electrons. The predicted octanol–water partition coefficient (Wildman–Crippen LogP) is 2.75. The van der Waals surface area contributed by atoms with Gasteiger partial charge in [0.25, 0.3) is 5.91 Å². The quantitative estimate of drug-likeness (QED) is 0.759. The second-order valence-electron chi connectivity index (χ2n) is 5.79. The lowest BCUT2D eigenvalue weighted by Crippen LogP contribution is -2.34. The van der Waals surface area contributed by atoms with E-state index >= 15 is 0 Å². The van der Waals surface area contributed by atoms with Gasteiger partial charge in [0.15, 0.2) is 4.96 Å². The maximum Gasteiger partial charge on any atom is 0.261 e. The summed E-state index contributed by atoms with van der Waals surface area (Å²) in [6, 6.07) is 1.89. The molecule has 0 aromatic carbocycles. The van der Waals surface area contributed by atoms with Crippen molar-refractivity contribution in [3.63, 3.8) is 0 Å². The van der Waals surface area contributed by atoms with Gasteiger partial charge in [-0.15, -0.1) is 22.7 Å². The summed E-state index contributed by atoms with van der Waals surface area (Å²) in [5.74, 6) is -0.0759. The zero-order valence-electron chi connectivity index (χ0n) is 11.9. The van der Waals surface area contributed by atoms with E-state index in [-0.39, 0.29) is 17.9 Å². The Morgan fingerprint density at radius 2 is 2.33 bits per heavy atom.